The third-order valence-corrected chi connectivity index (χ3v) is 10.1. The molecular weight excluding hydrogens is 646 g/mol. The Morgan fingerprint density at radius 1 is 0.740 bits per heavy atom. The Bertz CT molecular complexity index is 2060. The molecule has 0 aromatic heterocycles. The number of carbonyl (C=O) groups is 3. The molecule has 8 heteroatoms. The van der Waals surface area contributed by atoms with E-state index in [2.05, 4.69) is 34.5 Å². The van der Waals surface area contributed by atoms with Crippen molar-refractivity contribution in [3.8, 4) is 5.75 Å². The average molecular weight is 680 g/mol. The predicted octanol–water partition coefficient (Wildman–Crippen LogP) is 8.46. The zero-order chi connectivity index (χ0) is 34.2. The molecular formula is C42H34ClN3O4. The van der Waals surface area contributed by atoms with Gasteiger partial charge in [-0.05, 0) is 88.7 Å². The molecule has 1 N–H and O–H groups in total. The maximum Gasteiger partial charge on any atom is 0.335 e. The fourth-order valence-electron chi connectivity index (χ4n) is 7.48. The number of nitrogens with one attached hydrogen (secondary N) is 1. The molecule has 0 saturated carbocycles. The lowest BCUT2D eigenvalue weighted by Gasteiger charge is -2.44. The van der Waals surface area contributed by atoms with Crippen LogP contribution in [0.15, 0.2) is 127 Å². The molecule has 3 aliphatic heterocycles. The molecule has 5 aromatic carbocycles. The molecule has 2 atom stereocenters. The van der Waals surface area contributed by atoms with E-state index in [4.69, 9.17) is 16.3 Å². The summed E-state index contributed by atoms with van der Waals surface area (Å²) in [6, 6.07) is 38.5. The third kappa shape index (κ3) is 6.05. The molecule has 8 rings (SSSR count). The van der Waals surface area contributed by atoms with Gasteiger partial charge in [-0.25, -0.2) is 9.69 Å². The highest BCUT2D eigenvalue weighted by Crippen LogP contribution is 2.50. The van der Waals surface area contributed by atoms with Gasteiger partial charge in [-0.1, -0.05) is 96.5 Å². The highest BCUT2D eigenvalue weighted by molar-refractivity contribution is 6.39. The Labute approximate surface area is 295 Å². The van der Waals surface area contributed by atoms with E-state index in [1.165, 1.54) is 22.9 Å². The first-order valence-electron chi connectivity index (χ1n) is 16.8. The quantitative estimate of drug-likeness (QED) is 0.138. The number of halogens is 1. The number of barbiturate groups is 1. The van der Waals surface area contributed by atoms with Crippen molar-refractivity contribution in [2.45, 2.75) is 31.3 Å². The number of nitrogens with zero attached hydrogens (tertiary/aromatic N) is 2. The normalized spacial score (nSPS) is 19.3. The van der Waals surface area contributed by atoms with Gasteiger partial charge in [-0.3, -0.25) is 14.9 Å². The highest BCUT2D eigenvalue weighted by Gasteiger charge is 2.40. The maximum atomic E-state index is 14.2. The van der Waals surface area contributed by atoms with Crippen LogP contribution in [-0.2, 0) is 16.2 Å². The number of benzene rings is 5. The van der Waals surface area contributed by atoms with Crippen molar-refractivity contribution in [2.24, 2.45) is 0 Å². The number of hydrogen-bond acceptors (Lipinski definition) is 5. The van der Waals surface area contributed by atoms with Crippen LogP contribution in [0, 0.1) is 0 Å². The van der Waals surface area contributed by atoms with E-state index in [0.717, 1.165) is 47.5 Å². The van der Waals surface area contributed by atoms with E-state index < -0.39 is 17.8 Å². The molecule has 0 radical (unpaired) electrons. The van der Waals surface area contributed by atoms with Crippen molar-refractivity contribution in [3.05, 3.63) is 165 Å². The average Bonchev–Trinajstić information content (AvgIpc) is 3.14. The number of carbonyl (C=O) groups excluding carboxylic acids is 3. The molecule has 0 unspecified atom stereocenters. The predicted molar refractivity (Wildman–Crippen MR) is 196 cm³/mol. The lowest BCUT2D eigenvalue weighted by atomic mass is 9.76. The fourth-order valence-corrected chi connectivity index (χ4v) is 7.69. The van der Waals surface area contributed by atoms with Crippen LogP contribution in [0.25, 0.3) is 6.08 Å². The molecule has 50 heavy (non-hydrogen) atoms. The Morgan fingerprint density at radius 3 is 1.96 bits per heavy atom. The fraction of sp³-hybridized carbons (Fsp3) is 0.167. The van der Waals surface area contributed by atoms with Crippen LogP contribution in [0.4, 0.5) is 16.2 Å². The summed E-state index contributed by atoms with van der Waals surface area (Å²) in [6.07, 6.45) is 3.35. The molecule has 3 aliphatic rings. The summed E-state index contributed by atoms with van der Waals surface area (Å²) in [5.74, 6) is -0.582. The minimum absolute atomic E-state index is 0.0925. The first kappa shape index (κ1) is 31.6. The summed E-state index contributed by atoms with van der Waals surface area (Å²) in [6.45, 7) is 2.19. The Balaban J connectivity index is 1.15. The topological polar surface area (TPSA) is 79.0 Å². The van der Waals surface area contributed by atoms with Crippen molar-refractivity contribution in [2.75, 3.05) is 22.9 Å². The van der Waals surface area contributed by atoms with Crippen LogP contribution >= 0.6 is 11.6 Å². The van der Waals surface area contributed by atoms with Crippen LogP contribution in [0.2, 0.25) is 5.02 Å². The molecule has 7 nitrogen and oxygen atoms in total. The molecule has 5 aromatic rings. The number of rotatable bonds is 7. The standard InChI is InChI=1S/C42H34ClN3O4/c43-31-13-7-8-28(22-31)26-50-33-16-14-27(15-17-33)23-38-40(47)44-42(49)46(41(38)48)32-24-36-34(29-9-3-1-4-10-29)18-20-45-21-19-35(37(25-32)39(36)45)30-11-5-2-6-12-30/h1-17,22-25,34-35H,18-21,26H2,(H,44,47,49)/b38-23+/t34-,35-/m0/s1. The van der Waals surface area contributed by atoms with Crippen molar-refractivity contribution in [3.63, 3.8) is 0 Å². The van der Waals surface area contributed by atoms with Crippen molar-refractivity contribution in [1.82, 2.24) is 5.32 Å². The Kier molecular flexibility index (Phi) is 8.43. The Hall–Kier alpha value is -5.66. The molecule has 0 aliphatic carbocycles. The van der Waals surface area contributed by atoms with Gasteiger partial charge in [0, 0.05) is 35.6 Å². The van der Waals surface area contributed by atoms with Crippen LogP contribution < -0.4 is 19.9 Å². The van der Waals surface area contributed by atoms with Crippen LogP contribution in [-0.4, -0.2) is 30.9 Å². The van der Waals surface area contributed by atoms with E-state index in [9.17, 15) is 14.4 Å². The summed E-state index contributed by atoms with van der Waals surface area (Å²) in [5, 5.41) is 3.06. The molecule has 0 spiro atoms. The summed E-state index contributed by atoms with van der Waals surface area (Å²) >= 11 is 6.09. The van der Waals surface area contributed by atoms with Crippen LogP contribution in [0.1, 0.15) is 58.1 Å². The summed E-state index contributed by atoms with van der Waals surface area (Å²) in [5.41, 5.74) is 7.64. The van der Waals surface area contributed by atoms with E-state index in [0.29, 0.717) is 28.6 Å². The van der Waals surface area contributed by atoms with Crippen molar-refractivity contribution < 1.29 is 19.1 Å². The number of hydrogen-bond donors (Lipinski definition) is 1. The molecule has 3 heterocycles. The first-order valence-corrected chi connectivity index (χ1v) is 17.2. The number of amides is 4. The number of anilines is 2. The Morgan fingerprint density at radius 2 is 1.36 bits per heavy atom. The van der Waals surface area contributed by atoms with Crippen molar-refractivity contribution in [1.29, 1.82) is 0 Å². The second-order valence-corrected chi connectivity index (χ2v) is 13.3. The summed E-state index contributed by atoms with van der Waals surface area (Å²) in [4.78, 5) is 44.4. The lowest BCUT2D eigenvalue weighted by molar-refractivity contribution is -0.122. The van der Waals surface area contributed by atoms with E-state index in [1.54, 1.807) is 24.3 Å². The third-order valence-electron chi connectivity index (χ3n) is 9.85. The smallest absolute Gasteiger partial charge is 0.335 e. The van der Waals surface area contributed by atoms with Gasteiger partial charge in [0.25, 0.3) is 11.8 Å². The van der Waals surface area contributed by atoms with Gasteiger partial charge in [0.05, 0.1) is 5.69 Å². The number of urea groups is 1. The maximum absolute atomic E-state index is 14.2. The van der Waals surface area contributed by atoms with Gasteiger partial charge in [0.15, 0.2) is 0 Å². The molecule has 4 amide bonds. The zero-order valence-electron chi connectivity index (χ0n) is 27.2. The van der Waals surface area contributed by atoms with Gasteiger partial charge in [-0.2, -0.15) is 0 Å². The minimum Gasteiger partial charge on any atom is -0.489 e. The van der Waals surface area contributed by atoms with Gasteiger partial charge in [0.1, 0.15) is 17.9 Å². The highest BCUT2D eigenvalue weighted by atomic mass is 35.5. The van der Waals surface area contributed by atoms with E-state index in [-0.39, 0.29) is 17.4 Å². The molecule has 0 bridgehead atoms. The zero-order valence-corrected chi connectivity index (χ0v) is 28.0. The van der Waals surface area contributed by atoms with Crippen LogP contribution in [0.3, 0.4) is 0 Å². The number of ether oxygens (including phenoxy) is 1. The summed E-state index contributed by atoms with van der Waals surface area (Å²) in [7, 11) is 0. The van der Waals surface area contributed by atoms with E-state index >= 15 is 0 Å². The number of imide groups is 2. The summed E-state index contributed by atoms with van der Waals surface area (Å²) < 4.78 is 5.90. The lowest BCUT2D eigenvalue weighted by Crippen LogP contribution is -2.54. The minimum atomic E-state index is -0.759. The van der Waals surface area contributed by atoms with Crippen LogP contribution in [0.5, 0.6) is 5.75 Å². The SMILES string of the molecule is O=C1NC(=O)N(c2cc3c4c(c2)[C@H](c2ccccc2)CCN4CC[C@H]3c2ccccc2)C(=O)/C1=C/c1ccc(OCc2cccc(Cl)c2)cc1. The van der Waals surface area contributed by atoms with Gasteiger partial charge in [0.2, 0.25) is 0 Å². The van der Waals surface area contributed by atoms with Gasteiger partial charge in [-0.15, -0.1) is 0 Å². The van der Waals surface area contributed by atoms with Crippen molar-refractivity contribution >= 4 is 46.9 Å². The largest absolute Gasteiger partial charge is 0.489 e. The molecule has 248 valence electrons. The van der Waals surface area contributed by atoms with E-state index in [1.807, 2.05) is 72.8 Å². The first-order chi connectivity index (χ1) is 24.4. The second kappa shape index (κ2) is 13.3. The monoisotopic (exact) mass is 679 g/mol. The van der Waals surface area contributed by atoms with Gasteiger partial charge < -0.3 is 9.64 Å². The molecule has 1 saturated heterocycles. The van der Waals surface area contributed by atoms with Gasteiger partial charge >= 0.3 is 6.03 Å². The second-order valence-electron chi connectivity index (χ2n) is 12.9. The molecule has 1 fully saturated rings.